The second-order valence-electron chi connectivity index (χ2n) is 2.02. The van der Waals surface area contributed by atoms with Gasteiger partial charge in [0.15, 0.2) is 0 Å². The largest absolute Gasteiger partial charge is 0.426 e. The van der Waals surface area contributed by atoms with Gasteiger partial charge in [0.05, 0.1) is 12.0 Å². The second kappa shape index (κ2) is 4.13. The molecule has 60 valence electrons. The van der Waals surface area contributed by atoms with Crippen molar-refractivity contribution in [1.82, 2.24) is 0 Å². The van der Waals surface area contributed by atoms with Crippen LogP contribution >= 0.6 is 12.0 Å². The molecule has 1 rings (SSSR count). The standard InChI is InChI=1S/C8H11NOS/c1-9-7-3-5-8(6-4-7)10-11-2/h3-6,9H,1-2H3. The van der Waals surface area contributed by atoms with Gasteiger partial charge < -0.3 is 9.50 Å². The number of anilines is 1. The van der Waals surface area contributed by atoms with Crippen molar-refractivity contribution < 1.29 is 4.18 Å². The first-order chi connectivity index (χ1) is 5.36. The van der Waals surface area contributed by atoms with Crippen molar-refractivity contribution in [1.29, 1.82) is 0 Å². The van der Waals surface area contributed by atoms with E-state index in [0.717, 1.165) is 11.4 Å². The molecule has 1 aromatic carbocycles. The normalized spacial score (nSPS) is 9.27. The summed E-state index contributed by atoms with van der Waals surface area (Å²) in [6.45, 7) is 0. The maximum Gasteiger partial charge on any atom is 0.137 e. The van der Waals surface area contributed by atoms with Gasteiger partial charge in [-0.15, -0.1) is 0 Å². The Morgan fingerprint density at radius 2 is 1.91 bits per heavy atom. The minimum atomic E-state index is 0.886. The first-order valence-electron chi connectivity index (χ1n) is 3.35. The maximum atomic E-state index is 5.19. The highest BCUT2D eigenvalue weighted by molar-refractivity contribution is 7.94. The molecule has 0 saturated heterocycles. The van der Waals surface area contributed by atoms with E-state index in [9.17, 15) is 0 Å². The molecule has 2 nitrogen and oxygen atoms in total. The van der Waals surface area contributed by atoms with E-state index in [1.165, 1.54) is 12.0 Å². The van der Waals surface area contributed by atoms with Crippen LogP contribution in [0.3, 0.4) is 0 Å². The lowest BCUT2D eigenvalue weighted by Gasteiger charge is -2.01. The molecule has 0 unspecified atom stereocenters. The summed E-state index contributed by atoms with van der Waals surface area (Å²) >= 11 is 1.35. The fourth-order valence-electron chi connectivity index (χ4n) is 0.773. The van der Waals surface area contributed by atoms with Gasteiger partial charge in [-0.1, -0.05) is 0 Å². The Labute approximate surface area is 71.2 Å². The number of benzene rings is 1. The first-order valence-corrected chi connectivity index (χ1v) is 4.50. The summed E-state index contributed by atoms with van der Waals surface area (Å²) < 4.78 is 5.19. The molecule has 0 atom stereocenters. The molecular weight excluding hydrogens is 158 g/mol. The van der Waals surface area contributed by atoms with Crippen LogP contribution in [-0.4, -0.2) is 13.3 Å². The van der Waals surface area contributed by atoms with E-state index < -0.39 is 0 Å². The molecule has 1 N–H and O–H groups in total. The van der Waals surface area contributed by atoms with Crippen LogP contribution < -0.4 is 9.50 Å². The predicted octanol–water partition coefficient (Wildman–Crippen LogP) is 2.39. The van der Waals surface area contributed by atoms with Crippen LogP contribution in [0.4, 0.5) is 5.69 Å². The molecule has 0 aliphatic carbocycles. The molecule has 0 bridgehead atoms. The summed E-state index contributed by atoms with van der Waals surface area (Å²) in [4.78, 5) is 0. The van der Waals surface area contributed by atoms with Crippen LogP contribution in [0.25, 0.3) is 0 Å². The molecule has 3 heteroatoms. The van der Waals surface area contributed by atoms with E-state index in [2.05, 4.69) is 5.32 Å². The third kappa shape index (κ3) is 2.35. The van der Waals surface area contributed by atoms with Gasteiger partial charge in [-0.05, 0) is 24.3 Å². The topological polar surface area (TPSA) is 21.3 Å². The van der Waals surface area contributed by atoms with Crippen molar-refractivity contribution in [3.8, 4) is 5.75 Å². The average molecular weight is 169 g/mol. The third-order valence-electron chi connectivity index (χ3n) is 1.32. The Balaban J connectivity index is 2.66. The van der Waals surface area contributed by atoms with Crippen LogP contribution in [0.1, 0.15) is 0 Å². The third-order valence-corrected chi connectivity index (χ3v) is 1.68. The highest BCUT2D eigenvalue weighted by Gasteiger charge is 1.91. The monoisotopic (exact) mass is 169 g/mol. The number of hydrogen-bond donors (Lipinski definition) is 1. The number of nitrogens with one attached hydrogen (secondary N) is 1. The Kier molecular flexibility index (Phi) is 3.11. The molecular formula is C8H11NOS. The SMILES string of the molecule is CNc1ccc(OSC)cc1. The van der Waals surface area contributed by atoms with Gasteiger partial charge in [-0.2, -0.15) is 0 Å². The zero-order chi connectivity index (χ0) is 8.10. The van der Waals surface area contributed by atoms with E-state index >= 15 is 0 Å². The Morgan fingerprint density at radius 1 is 1.27 bits per heavy atom. The van der Waals surface area contributed by atoms with Gasteiger partial charge in [0.25, 0.3) is 0 Å². The van der Waals surface area contributed by atoms with Gasteiger partial charge in [-0.25, -0.2) is 0 Å². The van der Waals surface area contributed by atoms with Crippen LogP contribution in [0, 0.1) is 0 Å². The zero-order valence-corrected chi connectivity index (χ0v) is 7.44. The molecule has 0 fully saturated rings. The Bertz CT molecular complexity index is 210. The lowest BCUT2D eigenvalue weighted by atomic mass is 10.3. The van der Waals surface area contributed by atoms with Crippen molar-refractivity contribution in [2.45, 2.75) is 0 Å². The summed E-state index contributed by atoms with van der Waals surface area (Å²) in [6, 6.07) is 7.82. The van der Waals surface area contributed by atoms with E-state index in [4.69, 9.17) is 4.18 Å². The van der Waals surface area contributed by atoms with Crippen LogP contribution in [0.2, 0.25) is 0 Å². The molecule has 0 saturated carbocycles. The van der Waals surface area contributed by atoms with Crippen molar-refractivity contribution in [3.05, 3.63) is 24.3 Å². The van der Waals surface area contributed by atoms with Crippen molar-refractivity contribution >= 4 is 17.7 Å². The van der Waals surface area contributed by atoms with Gasteiger partial charge >= 0.3 is 0 Å². The van der Waals surface area contributed by atoms with Gasteiger partial charge in [0, 0.05) is 19.0 Å². The second-order valence-corrected chi connectivity index (χ2v) is 2.52. The Hall–Kier alpha value is -0.830. The molecule has 0 amide bonds. The fourth-order valence-corrected chi connectivity index (χ4v) is 1.08. The lowest BCUT2D eigenvalue weighted by molar-refractivity contribution is 0.650. The van der Waals surface area contributed by atoms with Gasteiger partial charge in [0.1, 0.15) is 5.75 Å². The summed E-state index contributed by atoms with van der Waals surface area (Å²) in [7, 11) is 1.89. The van der Waals surface area contributed by atoms with Crippen molar-refractivity contribution in [2.24, 2.45) is 0 Å². The van der Waals surface area contributed by atoms with E-state index in [-0.39, 0.29) is 0 Å². The van der Waals surface area contributed by atoms with E-state index in [1.54, 1.807) is 0 Å². The zero-order valence-electron chi connectivity index (χ0n) is 6.63. The number of hydrogen-bond acceptors (Lipinski definition) is 3. The molecule has 0 aliphatic rings. The highest BCUT2D eigenvalue weighted by Crippen LogP contribution is 2.17. The van der Waals surface area contributed by atoms with Gasteiger partial charge in [-0.3, -0.25) is 0 Å². The number of rotatable bonds is 3. The summed E-state index contributed by atoms with van der Waals surface area (Å²) in [5.41, 5.74) is 1.10. The molecule has 0 heterocycles. The molecule has 11 heavy (non-hydrogen) atoms. The maximum absolute atomic E-state index is 5.19. The van der Waals surface area contributed by atoms with Crippen LogP contribution in [0.15, 0.2) is 24.3 Å². The predicted molar refractivity (Wildman–Crippen MR) is 50.1 cm³/mol. The molecule has 0 spiro atoms. The van der Waals surface area contributed by atoms with Crippen molar-refractivity contribution in [3.63, 3.8) is 0 Å². The molecule has 0 aliphatic heterocycles. The van der Waals surface area contributed by atoms with Crippen LogP contribution in [-0.2, 0) is 0 Å². The smallest absolute Gasteiger partial charge is 0.137 e. The molecule has 0 radical (unpaired) electrons. The summed E-state index contributed by atoms with van der Waals surface area (Å²) in [5.74, 6) is 0.886. The molecule has 0 aromatic heterocycles. The van der Waals surface area contributed by atoms with E-state index in [0.29, 0.717) is 0 Å². The first kappa shape index (κ1) is 8.27. The minimum Gasteiger partial charge on any atom is -0.426 e. The van der Waals surface area contributed by atoms with Crippen LogP contribution in [0.5, 0.6) is 5.75 Å². The molecule has 1 aromatic rings. The van der Waals surface area contributed by atoms with E-state index in [1.807, 2.05) is 37.6 Å². The average Bonchev–Trinajstić information content (AvgIpc) is 2.07. The van der Waals surface area contributed by atoms with Gasteiger partial charge in [0.2, 0.25) is 0 Å². The lowest BCUT2D eigenvalue weighted by Crippen LogP contribution is -1.86. The van der Waals surface area contributed by atoms with Crippen molar-refractivity contribution in [2.75, 3.05) is 18.6 Å². The highest BCUT2D eigenvalue weighted by atomic mass is 32.2. The Morgan fingerprint density at radius 3 is 2.36 bits per heavy atom. The minimum absolute atomic E-state index is 0.886. The summed E-state index contributed by atoms with van der Waals surface area (Å²) in [6.07, 6.45) is 1.89. The fraction of sp³-hybridized carbons (Fsp3) is 0.250. The quantitative estimate of drug-likeness (QED) is 0.702. The summed E-state index contributed by atoms with van der Waals surface area (Å²) in [5, 5.41) is 3.03.